The van der Waals surface area contributed by atoms with Crippen LogP contribution in [0.15, 0.2) is 120 Å². The predicted molar refractivity (Wildman–Crippen MR) is 136 cm³/mol. The molecule has 0 saturated carbocycles. The fourth-order valence-electron chi connectivity index (χ4n) is 5.92. The van der Waals surface area contributed by atoms with Gasteiger partial charge in [0.15, 0.2) is 0 Å². The van der Waals surface area contributed by atoms with Crippen molar-refractivity contribution < 1.29 is 0 Å². The summed E-state index contributed by atoms with van der Waals surface area (Å²) in [6, 6.07) is 42.4. The van der Waals surface area contributed by atoms with Crippen LogP contribution in [-0.2, 0) is 5.41 Å². The minimum absolute atomic E-state index is 0.299. The van der Waals surface area contributed by atoms with E-state index >= 15 is 0 Å². The van der Waals surface area contributed by atoms with E-state index in [9.17, 15) is 0 Å². The van der Waals surface area contributed by atoms with Crippen molar-refractivity contribution >= 4 is 15.9 Å². The average Bonchev–Trinajstić information content (AvgIpc) is 3.31. The molecule has 0 N–H and O–H groups in total. The van der Waals surface area contributed by atoms with Crippen molar-refractivity contribution in [2.45, 2.75) is 5.41 Å². The van der Waals surface area contributed by atoms with E-state index < -0.39 is 0 Å². The first-order chi connectivity index (χ1) is 15.8. The fourth-order valence-corrected chi connectivity index (χ4v) is 6.28. The van der Waals surface area contributed by atoms with Crippen LogP contribution in [0, 0.1) is 0 Å². The average molecular weight is 471 g/mol. The summed E-state index contributed by atoms with van der Waals surface area (Å²) in [7, 11) is 0. The highest BCUT2D eigenvalue weighted by atomic mass is 79.9. The highest BCUT2D eigenvalue weighted by molar-refractivity contribution is 9.10. The lowest BCUT2D eigenvalue weighted by Crippen LogP contribution is -2.25. The molecule has 5 aromatic rings. The maximum atomic E-state index is 3.77. The molecule has 5 aromatic carbocycles. The molecule has 0 aliphatic heterocycles. The van der Waals surface area contributed by atoms with Gasteiger partial charge in [-0.05, 0) is 73.8 Å². The van der Waals surface area contributed by atoms with Crippen molar-refractivity contribution in [1.82, 2.24) is 0 Å². The SMILES string of the molecule is Brc1ccc2c(c1)C1(c3ccccc3-2)c2ccccc2-c2ccc(-c3ccccc3)cc21. The van der Waals surface area contributed by atoms with Crippen LogP contribution in [0.1, 0.15) is 22.3 Å². The first-order valence-corrected chi connectivity index (χ1v) is 11.8. The predicted octanol–water partition coefficient (Wildman–Crippen LogP) is 8.46. The van der Waals surface area contributed by atoms with Gasteiger partial charge in [-0.2, -0.15) is 0 Å². The molecule has 0 radical (unpaired) electrons. The van der Waals surface area contributed by atoms with Crippen LogP contribution in [0.2, 0.25) is 0 Å². The van der Waals surface area contributed by atoms with Gasteiger partial charge in [0, 0.05) is 4.47 Å². The number of fused-ring (bicyclic) bond motifs is 10. The van der Waals surface area contributed by atoms with E-state index in [-0.39, 0.29) is 5.41 Å². The first kappa shape index (κ1) is 18.2. The zero-order valence-corrected chi connectivity index (χ0v) is 18.9. The van der Waals surface area contributed by atoms with Gasteiger partial charge in [0.2, 0.25) is 0 Å². The quantitative estimate of drug-likeness (QED) is 0.225. The molecule has 2 aliphatic rings. The summed E-state index contributed by atoms with van der Waals surface area (Å²) in [4.78, 5) is 0. The Hall–Kier alpha value is -3.42. The van der Waals surface area contributed by atoms with Crippen molar-refractivity contribution in [1.29, 1.82) is 0 Å². The Labute approximate surface area is 196 Å². The van der Waals surface area contributed by atoms with Gasteiger partial charge in [0.05, 0.1) is 5.41 Å². The Bertz CT molecular complexity index is 1520. The molecular weight excluding hydrogens is 452 g/mol. The lowest BCUT2D eigenvalue weighted by Gasteiger charge is -2.30. The second-order valence-corrected chi connectivity index (χ2v) is 9.57. The Morgan fingerprint density at radius 3 is 1.62 bits per heavy atom. The van der Waals surface area contributed by atoms with Crippen LogP contribution in [0.4, 0.5) is 0 Å². The molecular formula is C31H19Br. The summed E-state index contributed by atoms with van der Waals surface area (Å²) in [6.45, 7) is 0. The van der Waals surface area contributed by atoms with E-state index in [2.05, 4.69) is 131 Å². The number of rotatable bonds is 1. The van der Waals surface area contributed by atoms with Crippen molar-refractivity contribution in [2.24, 2.45) is 0 Å². The van der Waals surface area contributed by atoms with Crippen LogP contribution in [0.5, 0.6) is 0 Å². The van der Waals surface area contributed by atoms with Crippen LogP contribution in [0.3, 0.4) is 0 Å². The molecule has 0 bridgehead atoms. The summed E-state index contributed by atoms with van der Waals surface area (Å²) >= 11 is 3.77. The first-order valence-electron chi connectivity index (χ1n) is 11.0. The topological polar surface area (TPSA) is 0 Å². The molecule has 1 spiro atoms. The van der Waals surface area contributed by atoms with E-state index in [1.807, 2.05) is 0 Å². The van der Waals surface area contributed by atoms with E-state index in [1.54, 1.807) is 0 Å². The molecule has 1 unspecified atom stereocenters. The van der Waals surface area contributed by atoms with Crippen LogP contribution >= 0.6 is 15.9 Å². The molecule has 0 amide bonds. The van der Waals surface area contributed by atoms with E-state index in [0.717, 1.165) is 4.47 Å². The molecule has 150 valence electrons. The summed E-state index contributed by atoms with van der Waals surface area (Å²) < 4.78 is 1.12. The van der Waals surface area contributed by atoms with Gasteiger partial charge >= 0.3 is 0 Å². The third-order valence-electron chi connectivity index (χ3n) is 7.16. The Kier molecular flexibility index (Phi) is 3.72. The summed E-state index contributed by atoms with van der Waals surface area (Å²) in [5, 5.41) is 0. The standard InChI is InChI=1S/C31H19Br/c32-22-15-17-26-24-11-5-7-13-28(24)31(30(26)19-22)27-12-6-4-10-23(27)25-16-14-21(18-29(25)31)20-8-2-1-3-9-20/h1-19H. The third kappa shape index (κ3) is 2.22. The van der Waals surface area contributed by atoms with E-state index in [4.69, 9.17) is 0 Å². The largest absolute Gasteiger partial charge is 0.0726 e. The van der Waals surface area contributed by atoms with Gasteiger partial charge in [0.25, 0.3) is 0 Å². The molecule has 0 heterocycles. The molecule has 0 saturated heterocycles. The maximum absolute atomic E-state index is 3.77. The molecule has 0 aromatic heterocycles. The zero-order valence-electron chi connectivity index (χ0n) is 17.3. The number of hydrogen-bond acceptors (Lipinski definition) is 0. The summed E-state index contributed by atoms with van der Waals surface area (Å²) in [6.07, 6.45) is 0. The normalized spacial score (nSPS) is 17.0. The van der Waals surface area contributed by atoms with Crippen LogP contribution < -0.4 is 0 Å². The highest BCUT2D eigenvalue weighted by Crippen LogP contribution is 2.63. The maximum Gasteiger partial charge on any atom is 0.0726 e. The van der Waals surface area contributed by atoms with Crippen LogP contribution in [0.25, 0.3) is 33.4 Å². The molecule has 32 heavy (non-hydrogen) atoms. The Balaban J connectivity index is 1.65. The minimum atomic E-state index is -0.299. The number of benzene rings is 5. The summed E-state index contributed by atoms with van der Waals surface area (Å²) in [5.41, 5.74) is 13.1. The Morgan fingerprint density at radius 2 is 0.938 bits per heavy atom. The van der Waals surface area contributed by atoms with Gasteiger partial charge in [0.1, 0.15) is 0 Å². The molecule has 0 nitrogen and oxygen atoms in total. The molecule has 2 aliphatic carbocycles. The molecule has 1 heteroatoms. The lowest BCUT2D eigenvalue weighted by molar-refractivity contribution is 0.793. The van der Waals surface area contributed by atoms with Crippen molar-refractivity contribution in [3.63, 3.8) is 0 Å². The van der Waals surface area contributed by atoms with Crippen LogP contribution in [-0.4, -0.2) is 0 Å². The molecule has 0 fully saturated rings. The van der Waals surface area contributed by atoms with Gasteiger partial charge in [-0.1, -0.05) is 113 Å². The summed E-state index contributed by atoms with van der Waals surface area (Å²) in [5.74, 6) is 0. The zero-order chi connectivity index (χ0) is 21.3. The lowest BCUT2D eigenvalue weighted by atomic mass is 9.70. The minimum Gasteiger partial charge on any atom is -0.0622 e. The second kappa shape index (κ2) is 6.54. The third-order valence-corrected chi connectivity index (χ3v) is 7.65. The molecule has 7 rings (SSSR count). The monoisotopic (exact) mass is 470 g/mol. The fraction of sp³-hybridized carbons (Fsp3) is 0.0323. The van der Waals surface area contributed by atoms with E-state index in [1.165, 1.54) is 55.6 Å². The smallest absolute Gasteiger partial charge is 0.0622 e. The van der Waals surface area contributed by atoms with E-state index in [0.29, 0.717) is 0 Å². The number of hydrogen-bond donors (Lipinski definition) is 0. The highest BCUT2D eigenvalue weighted by Gasteiger charge is 2.51. The number of halogens is 1. The molecule has 1 atom stereocenters. The van der Waals surface area contributed by atoms with Gasteiger partial charge < -0.3 is 0 Å². The van der Waals surface area contributed by atoms with Crippen molar-refractivity contribution in [3.05, 3.63) is 142 Å². The van der Waals surface area contributed by atoms with Gasteiger partial charge in [-0.25, -0.2) is 0 Å². The van der Waals surface area contributed by atoms with Gasteiger partial charge in [-0.3, -0.25) is 0 Å². The van der Waals surface area contributed by atoms with Gasteiger partial charge in [-0.15, -0.1) is 0 Å². The van der Waals surface area contributed by atoms with Crippen molar-refractivity contribution in [2.75, 3.05) is 0 Å². The second-order valence-electron chi connectivity index (χ2n) is 8.66. The van der Waals surface area contributed by atoms with Crippen molar-refractivity contribution in [3.8, 4) is 33.4 Å². The Morgan fingerprint density at radius 1 is 0.406 bits per heavy atom.